The third-order valence-electron chi connectivity index (χ3n) is 3.12. The van der Waals surface area contributed by atoms with E-state index in [0.717, 1.165) is 0 Å². The molecule has 2 heterocycles. The number of carbonyl (C=O) groups is 4. The number of esters is 2. The van der Waals surface area contributed by atoms with Crippen LogP contribution in [0.4, 0.5) is 0 Å². The summed E-state index contributed by atoms with van der Waals surface area (Å²) in [6.45, 7) is -0.0403. The number of fused-ring (bicyclic) bond motifs is 1. The Bertz CT molecular complexity index is 442. The maximum Gasteiger partial charge on any atom is 0.317 e. The Morgan fingerprint density at radius 2 is 1.18 bits per heavy atom. The second kappa shape index (κ2) is 6.71. The van der Waals surface area contributed by atoms with E-state index in [2.05, 4.69) is 0 Å². The van der Waals surface area contributed by atoms with Gasteiger partial charge in [0.25, 0.3) is 0 Å². The van der Waals surface area contributed by atoms with Crippen LogP contribution >= 0.6 is 0 Å². The van der Waals surface area contributed by atoms with Gasteiger partial charge in [0.15, 0.2) is 12.2 Å². The van der Waals surface area contributed by atoms with Gasteiger partial charge in [-0.2, -0.15) is 0 Å². The van der Waals surface area contributed by atoms with E-state index in [4.69, 9.17) is 29.2 Å². The Balaban J connectivity index is 1.86. The summed E-state index contributed by atoms with van der Waals surface area (Å²) in [5.74, 6) is -4.46. The summed E-state index contributed by atoms with van der Waals surface area (Å²) in [6, 6.07) is 0. The monoisotopic (exact) mass is 318 g/mol. The van der Waals surface area contributed by atoms with Crippen LogP contribution in [0.25, 0.3) is 0 Å². The van der Waals surface area contributed by atoms with Crippen molar-refractivity contribution in [1.82, 2.24) is 0 Å². The van der Waals surface area contributed by atoms with Crippen LogP contribution in [0.1, 0.15) is 12.8 Å². The third kappa shape index (κ3) is 3.92. The highest BCUT2D eigenvalue weighted by Crippen LogP contribution is 2.30. The van der Waals surface area contributed by atoms with E-state index in [0.29, 0.717) is 0 Å². The Kier molecular flexibility index (Phi) is 4.93. The zero-order valence-electron chi connectivity index (χ0n) is 11.3. The van der Waals surface area contributed by atoms with E-state index in [1.807, 2.05) is 0 Å². The van der Waals surface area contributed by atoms with E-state index in [1.54, 1.807) is 0 Å². The molecule has 2 aliphatic rings. The Morgan fingerprint density at radius 1 is 0.818 bits per heavy atom. The predicted molar refractivity (Wildman–Crippen MR) is 63.7 cm³/mol. The lowest BCUT2D eigenvalue weighted by Gasteiger charge is -2.16. The summed E-state index contributed by atoms with van der Waals surface area (Å²) in [7, 11) is 0. The van der Waals surface area contributed by atoms with Crippen LogP contribution in [0.15, 0.2) is 0 Å². The molecule has 122 valence electrons. The van der Waals surface area contributed by atoms with Crippen LogP contribution in [-0.2, 0) is 38.1 Å². The van der Waals surface area contributed by atoms with Crippen LogP contribution in [0, 0.1) is 0 Å². The predicted octanol–water partition coefficient (Wildman–Crippen LogP) is -1.44. The highest BCUT2D eigenvalue weighted by Gasteiger charge is 2.51. The minimum atomic E-state index is -1.31. The lowest BCUT2D eigenvalue weighted by molar-refractivity contribution is -0.159. The van der Waals surface area contributed by atoms with Gasteiger partial charge in [0.2, 0.25) is 0 Å². The normalized spacial score (nSPS) is 29.6. The van der Waals surface area contributed by atoms with Crippen LogP contribution in [0.5, 0.6) is 0 Å². The number of hydrogen-bond acceptors (Lipinski definition) is 8. The molecule has 0 radical (unpaired) electrons. The molecular weight excluding hydrogens is 304 g/mol. The fourth-order valence-electron chi connectivity index (χ4n) is 2.30. The van der Waals surface area contributed by atoms with Crippen molar-refractivity contribution in [2.75, 3.05) is 13.2 Å². The van der Waals surface area contributed by atoms with Crippen molar-refractivity contribution in [2.24, 2.45) is 0 Å². The number of carboxylic acid groups (broad SMARTS) is 2. The zero-order valence-corrected chi connectivity index (χ0v) is 11.3. The summed E-state index contributed by atoms with van der Waals surface area (Å²) in [6.07, 6.45) is -4.49. The van der Waals surface area contributed by atoms with Crippen LogP contribution in [-0.4, -0.2) is 71.7 Å². The van der Waals surface area contributed by atoms with E-state index in [9.17, 15) is 19.2 Å². The van der Waals surface area contributed by atoms with Crippen molar-refractivity contribution in [3.05, 3.63) is 0 Å². The van der Waals surface area contributed by atoms with Gasteiger partial charge < -0.3 is 29.2 Å². The molecule has 2 N–H and O–H groups in total. The maximum absolute atomic E-state index is 11.3. The largest absolute Gasteiger partial charge is 0.481 e. The summed E-state index contributed by atoms with van der Waals surface area (Å²) in [4.78, 5) is 43.4. The second-order valence-electron chi connectivity index (χ2n) is 4.79. The highest BCUT2D eigenvalue weighted by molar-refractivity contribution is 5.90. The zero-order chi connectivity index (χ0) is 16.3. The molecular formula is C12H14O10. The number of hydrogen-bond donors (Lipinski definition) is 2. The lowest BCUT2D eigenvalue weighted by atomic mass is 10.1. The molecule has 0 spiro atoms. The number of aliphatic carboxylic acids is 2. The van der Waals surface area contributed by atoms with Crippen LogP contribution < -0.4 is 0 Å². The van der Waals surface area contributed by atoms with Crippen molar-refractivity contribution in [1.29, 1.82) is 0 Å². The molecule has 2 aliphatic heterocycles. The Hall–Kier alpha value is -2.20. The smallest absolute Gasteiger partial charge is 0.317 e. The molecule has 0 aromatic carbocycles. The minimum Gasteiger partial charge on any atom is -0.481 e. The van der Waals surface area contributed by atoms with Crippen molar-refractivity contribution >= 4 is 23.9 Å². The number of carboxylic acids is 2. The Labute approximate surface area is 123 Å². The van der Waals surface area contributed by atoms with Gasteiger partial charge in [0.1, 0.15) is 25.0 Å². The van der Waals surface area contributed by atoms with Crippen LogP contribution in [0.3, 0.4) is 0 Å². The van der Waals surface area contributed by atoms with Crippen LogP contribution in [0.2, 0.25) is 0 Å². The Morgan fingerprint density at radius 3 is 1.50 bits per heavy atom. The quantitative estimate of drug-likeness (QED) is 0.441. The molecule has 0 unspecified atom stereocenters. The van der Waals surface area contributed by atoms with Gasteiger partial charge >= 0.3 is 23.9 Å². The first-order valence-corrected chi connectivity index (χ1v) is 6.42. The molecule has 4 atom stereocenters. The van der Waals surface area contributed by atoms with Gasteiger partial charge in [-0.3, -0.25) is 19.2 Å². The molecule has 0 saturated carbocycles. The lowest BCUT2D eigenvalue weighted by Crippen LogP contribution is -2.36. The summed E-state index contributed by atoms with van der Waals surface area (Å²) < 4.78 is 20.6. The van der Waals surface area contributed by atoms with Crippen molar-refractivity contribution in [3.8, 4) is 0 Å². The van der Waals surface area contributed by atoms with Crippen molar-refractivity contribution in [3.63, 3.8) is 0 Å². The standard InChI is InChI=1S/C12H14O10/c13-7(14)1-9(17)21-5-3-19-12-6(4-20-11(5)12)22-10(18)2-8(15)16/h5-6,11-12H,1-4H2,(H,13,14)(H,15,16)/t5-,6-,11+,12+/m0/s1. The SMILES string of the molecule is O=C(O)CC(=O)O[C@H]1CO[C@H]2[C@@H]1OC[C@@H]2OC(=O)CC(=O)O. The summed E-state index contributed by atoms with van der Waals surface area (Å²) in [5, 5.41) is 17.0. The van der Waals surface area contributed by atoms with Gasteiger partial charge in [-0.05, 0) is 0 Å². The third-order valence-corrected chi connectivity index (χ3v) is 3.12. The van der Waals surface area contributed by atoms with Crippen molar-refractivity contribution in [2.45, 2.75) is 37.3 Å². The first kappa shape index (κ1) is 16.2. The summed E-state index contributed by atoms with van der Waals surface area (Å²) in [5.41, 5.74) is 0. The molecule has 0 bridgehead atoms. The minimum absolute atomic E-state index is 0.0202. The molecule has 0 amide bonds. The number of carbonyl (C=O) groups excluding carboxylic acids is 2. The fraction of sp³-hybridized carbons (Fsp3) is 0.667. The van der Waals surface area contributed by atoms with Gasteiger partial charge in [-0.1, -0.05) is 0 Å². The van der Waals surface area contributed by atoms with Gasteiger partial charge in [0, 0.05) is 0 Å². The van der Waals surface area contributed by atoms with E-state index in [-0.39, 0.29) is 13.2 Å². The molecule has 2 rings (SSSR count). The van der Waals surface area contributed by atoms with Gasteiger partial charge in [-0.15, -0.1) is 0 Å². The maximum atomic E-state index is 11.3. The van der Waals surface area contributed by atoms with E-state index >= 15 is 0 Å². The molecule has 10 nitrogen and oxygen atoms in total. The van der Waals surface area contributed by atoms with E-state index in [1.165, 1.54) is 0 Å². The molecule has 2 fully saturated rings. The van der Waals surface area contributed by atoms with Gasteiger partial charge in [0.05, 0.1) is 13.2 Å². The first-order chi connectivity index (χ1) is 10.4. The molecule has 0 aromatic rings. The number of rotatable bonds is 6. The fourth-order valence-corrected chi connectivity index (χ4v) is 2.30. The van der Waals surface area contributed by atoms with Crippen molar-refractivity contribution < 1.29 is 48.3 Å². The first-order valence-electron chi connectivity index (χ1n) is 6.42. The van der Waals surface area contributed by atoms with Gasteiger partial charge in [-0.25, -0.2) is 0 Å². The molecule has 0 aliphatic carbocycles. The topological polar surface area (TPSA) is 146 Å². The average molecular weight is 318 g/mol. The highest BCUT2D eigenvalue weighted by atomic mass is 16.7. The molecule has 10 heteroatoms. The average Bonchev–Trinajstić information content (AvgIpc) is 2.92. The van der Waals surface area contributed by atoms with E-state index < -0.39 is 61.1 Å². The second-order valence-corrected chi connectivity index (χ2v) is 4.79. The summed E-state index contributed by atoms with van der Waals surface area (Å²) >= 11 is 0. The number of ether oxygens (including phenoxy) is 4. The molecule has 2 saturated heterocycles. The molecule has 22 heavy (non-hydrogen) atoms. The molecule has 0 aromatic heterocycles.